The molecule has 1 aliphatic rings. The van der Waals surface area contributed by atoms with Crippen LogP contribution >= 0.6 is 0 Å². The molecule has 0 saturated heterocycles. The first kappa shape index (κ1) is 13.6. The van der Waals surface area contributed by atoms with Gasteiger partial charge in [0.05, 0.1) is 0 Å². The lowest BCUT2D eigenvalue weighted by Crippen LogP contribution is -2.35. The first-order valence-corrected chi connectivity index (χ1v) is 7.29. The maximum absolute atomic E-state index is 3.70. The topological polar surface area (TPSA) is 12.0 Å². The number of hydrogen-bond donors (Lipinski definition) is 1. The summed E-state index contributed by atoms with van der Waals surface area (Å²) >= 11 is 0. The van der Waals surface area contributed by atoms with Crippen LogP contribution in [0.1, 0.15) is 52.0 Å². The molecular formula is C17H27N. The summed E-state index contributed by atoms with van der Waals surface area (Å²) in [6.45, 7) is 10.3. The first-order valence-electron chi connectivity index (χ1n) is 7.29. The van der Waals surface area contributed by atoms with Crippen molar-refractivity contribution in [2.24, 2.45) is 11.3 Å². The summed E-state index contributed by atoms with van der Waals surface area (Å²) in [6.07, 6.45) is 2.63. The quantitative estimate of drug-likeness (QED) is 0.819. The number of rotatable bonds is 5. The highest BCUT2D eigenvalue weighted by molar-refractivity contribution is 5.26. The Morgan fingerprint density at radius 3 is 2.44 bits per heavy atom. The lowest BCUT2D eigenvalue weighted by molar-refractivity contribution is 0.289. The highest BCUT2D eigenvalue weighted by atomic mass is 14.9. The molecule has 0 amide bonds. The third kappa shape index (κ3) is 3.58. The van der Waals surface area contributed by atoms with E-state index in [1.165, 1.54) is 18.4 Å². The maximum Gasteiger partial charge on any atom is 0.0106 e. The van der Waals surface area contributed by atoms with E-state index in [0.717, 1.165) is 18.4 Å². The van der Waals surface area contributed by atoms with Crippen LogP contribution in [0.4, 0.5) is 0 Å². The van der Waals surface area contributed by atoms with Crippen LogP contribution in [0.2, 0.25) is 0 Å². The number of benzene rings is 1. The van der Waals surface area contributed by atoms with Crippen LogP contribution in [0.15, 0.2) is 30.3 Å². The molecule has 0 aromatic heterocycles. The summed E-state index contributed by atoms with van der Waals surface area (Å²) in [5.41, 5.74) is 1.94. The zero-order chi connectivity index (χ0) is 13.2. The van der Waals surface area contributed by atoms with Gasteiger partial charge in [0.25, 0.3) is 0 Å². The molecule has 1 aromatic carbocycles. The Balaban J connectivity index is 1.98. The minimum Gasteiger partial charge on any atom is -0.314 e. The lowest BCUT2D eigenvalue weighted by atomic mass is 9.85. The monoisotopic (exact) mass is 245 g/mol. The van der Waals surface area contributed by atoms with E-state index in [-0.39, 0.29) is 0 Å². The predicted molar refractivity (Wildman–Crippen MR) is 78.8 cm³/mol. The van der Waals surface area contributed by atoms with Gasteiger partial charge in [-0.15, -0.1) is 0 Å². The second-order valence-electron chi connectivity index (χ2n) is 6.85. The Kier molecular flexibility index (Phi) is 4.11. The van der Waals surface area contributed by atoms with Gasteiger partial charge in [-0.3, -0.25) is 0 Å². The van der Waals surface area contributed by atoms with Gasteiger partial charge in [0.1, 0.15) is 0 Å². The Hall–Kier alpha value is -0.820. The number of nitrogens with one attached hydrogen (secondary N) is 1. The minimum atomic E-state index is 0.413. The normalized spacial score (nSPS) is 24.9. The fourth-order valence-corrected chi connectivity index (χ4v) is 3.04. The summed E-state index contributed by atoms with van der Waals surface area (Å²) in [5, 5.41) is 3.70. The van der Waals surface area contributed by atoms with Crippen molar-refractivity contribution in [1.82, 2.24) is 5.32 Å². The maximum atomic E-state index is 3.70. The Morgan fingerprint density at radius 2 is 1.89 bits per heavy atom. The van der Waals surface area contributed by atoms with Crippen LogP contribution in [0, 0.1) is 11.3 Å². The van der Waals surface area contributed by atoms with Gasteiger partial charge >= 0.3 is 0 Å². The fraction of sp³-hybridized carbons (Fsp3) is 0.647. The van der Waals surface area contributed by atoms with Crippen molar-refractivity contribution in [3.8, 4) is 0 Å². The Morgan fingerprint density at radius 1 is 1.22 bits per heavy atom. The average Bonchev–Trinajstić information content (AvgIpc) is 3.08. The van der Waals surface area contributed by atoms with Gasteiger partial charge in [0, 0.05) is 6.04 Å². The van der Waals surface area contributed by atoms with Gasteiger partial charge in [-0.05, 0) is 42.2 Å². The van der Waals surface area contributed by atoms with E-state index >= 15 is 0 Å². The molecule has 1 aromatic rings. The van der Waals surface area contributed by atoms with Crippen molar-refractivity contribution < 1.29 is 0 Å². The van der Waals surface area contributed by atoms with Gasteiger partial charge in [0.2, 0.25) is 0 Å². The smallest absolute Gasteiger partial charge is 0.0106 e. The van der Waals surface area contributed by atoms with Crippen LogP contribution < -0.4 is 5.32 Å². The summed E-state index contributed by atoms with van der Waals surface area (Å²) in [4.78, 5) is 0. The van der Waals surface area contributed by atoms with Gasteiger partial charge in [-0.2, -0.15) is 0 Å². The molecule has 0 heterocycles. The molecule has 0 radical (unpaired) electrons. The van der Waals surface area contributed by atoms with Crippen molar-refractivity contribution in [2.75, 3.05) is 6.54 Å². The van der Waals surface area contributed by atoms with Gasteiger partial charge in [0.15, 0.2) is 0 Å². The first-order chi connectivity index (χ1) is 8.51. The Labute approximate surface area is 112 Å². The molecule has 1 saturated carbocycles. The second-order valence-corrected chi connectivity index (χ2v) is 6.85. The van der Waals surface area contributed by atoms with Crippen LogP contribution in [-0.2, 0) is 0 Å². The minimum absolute atomic E-state index is 0.413. The van der Waals surface area contributed by atoms with Crippen LogP contribution in [0.25, 0.3) is 0 Å². The van der Waals surface area contributed by atoms with Gasteiger partial charge in [-0.25, -0.2) is 0 Å². The van der Waals surface area contributed by atoms with E-state index < -0.39 is 0 Å². The zero-order valence-electron chi connectivity index (χ0n) is 12.2. The van der Waals surface area contributed by atoms with E-state index in [1.54, 1.807) is 0 Å². The van der Waals surface area contributed by atoms with Crippen LogP contribution in [-0.4, -0.2) is 12.6 Å². The predicted octanol–water partition coefficient (Wildman–Crippen LogP) is 4.20. The summed E-state index contributed by atoms with van der Waals surface area (Å²) < 4.78 is 0. The van der Waals surface area contributed by atoms with E-state index in [1.807, 2.05) is 0 Å². The summed E-state index contributed by atoms with van der Waals surface area (Å²) in [5.74, 6) is 1.63. The number of hydrogen-bond acceptors (Lipinski definition) is 1. The molecule has 1 fully saturated rings. The fourth-order valence-electron chi connectivity index (χ4n) is 3.04. The third-order valence-electron chi connectivity index (χ3n) is 3.88. The molecular weight excluding hydrogens is 218 g/mol. The molecule has 3 unspecified atom stereocenters. The van der Waals surface area contributed by atoms with E-state index in [2.05, 4.69) is 63.3 Å². The van der Waals surface area contributed by atoms with Crippen molar-refractivity contribution in [3.63, 3.8) is 0 Å². The molecule has 3 atom stereocenters. The molecule has 18 heavy (non-hydrogen) atoms. The van der Waals surface area contributed by atoms with Crippen molar-refractivity contribution >= 4 is 0 Å². The molecule has 0 bridgehead atoms. The van der Waals surface area contributed by atoms with Crippen molar-refractivity contribution in [3.05, 3.63) is 35.9 Å². The highest BCUT2D eigenvalue weighted by Crippen LogP contribution is 2.51. The summed E-state index contributed by atoms with van der Waals surface area (Å²) in [7, 11) is 0. The molecule has 1 heteroatoms. The highest BCUT2D eigenvalue weighted by Gasteiger charge is 2.44. The second kappa shape index (κ2) is 5.44. The molecule has 100 valence electrons. The third-order valence-corrected chi connectivity index (χ3v) is 3.88. The molecule has 2 rings (SSSR count). The van der Waals surface area contributed by atoms with E-state index in [4.69, 9.17) is 0 Å². The van der Waals surface area contributed by atoms with Crippen molar-refractivity contribution in [2.45, 2.75) is 52.5 Å². The largest absolute Gasteiger partial charge is 0.314 e. The molecule has 0 aliphatic heterocycles. The Bertz CT molecular complexity index is 363. The zero-order valence-corrected chi connectivity index (χ0v) is 12.2. The molecule has 1 N–H and O–H groups in total. The molecule has 1 aliphatic carbocycles. The van der Waals surface area contributed by atoms with Crippen molar-refractivity contribution in [1.29, 1.82) is 0 Å². The van der Waals surface area contributed by atoms with Gasteiger partial charge < -0.3 is 5.32 Å². The molecule has 1 nitrogen and oxygen atoms in total. The average molecular weight is 245 g/mol. The standard InChI is InChI=1S/C17H27N/c1-5-18-16(12-17(2,3)4)15-11-14(15)13-9-7-6-8-10-13/h6-10,14-16,18H,5,11-12H2,1-4H3. The van der Waals surface area contributed by atoms with E-state index in [0.29, 0.717) is 11.5 Å². The van der Waals surface area contributed by atoms with Crippen LogP contribution in [0.3, 0.4) is 0 Å². The van der Waals surface area contributed by atoms with Gasteiger partial charge in [-0.1, -0.05) is 58.0 Å². The SMILES string of the molecule is CCNC(CC(C)(C)C)C1CC1c1ccccc1. The van der Waals surface area contributed by atoms with Crippen LogP contribution in [0.5, 0.6) is 0 Å². The summed E-state index contributed by atoms with van der Waals surface area (Å²) in [6, 6.07) is 11.7. The molecule has 0 spiro atoms. The lowest BCUT2D eigenvalue weighted by Gasteiger charge is -2.27. The van der Waals surface area contributed by atoms with E-state index in [9.17, 15) is 0 Å².